The van der Waals surface area contributed by atoms with Crippen molar-refractivity contribution in [3.63, 3.8) is 0 Å². The smallest absolute Gasteiger partial charge is 0.306 e. The lowest BCUT2D eigenvalue weighted by atomic mass is 9.86. The summed E-state index contributed by atoms with van der Waals surface area (Å²) in [6.07, 6.45) is 5.26. The molecule has 0 saturated carbocycles. The highest BCUT2D eigenvalue weighted by Crippen LogP contribution is 2.27. The van der Waals surface area contributed by atoms with Crippen LogP contribution in [0.5, 0.6) is 0 Å². The maximum Gasteiger partial charge on any atom is 0.306 e. The lowest BCUT2D eigenvalue weighted by Crippen LogP contribution is -2.24. The van der Waals surface area contributed by atoms with Crippen LogP contribution in [0.4, 0.5) is 0 Å². The van der Waals surface area contributed by atoms with E-state index < -0.39 is 5.97 Å². The Hall–Kier alpha value is -2.37. The number of hydrogen-bond acceptors (Lipinski definition) is 5. The van der Waals surface area contributed by atoms with Gasteiger partial charge in [-0.15, -0.1) is 0 Å². The van der Waals surface area contributed by atoms with Crippen molar-refractivity contribution in [2.75, 3.05) is 0 Å². The molecule has 0 saturated heterocycles. The summed E-state index contributed by atoms with van der Waals surface area (Å²) in [7, 11) is 0. The predicted octanol–water partition coefficient (Wildman–Crippen LogP) is 1.74. The lowest BCUT2D eigenvalue weighted by molar-refractivity contribution is -0.142. The van der Waals surface area contributed by atoms with Gasteiger partial charge in [0.15, 0.2) is 11.6 Å². The fraction of sp³-hybridized carbons (Fsp3) is 0.400. The van der Waals surface area contributed by atoms with Crippen LogP contribution in [0.2, 0.25) is 0 Å². The summed E-state index contributed by atoms with van der Waals surface area (Å²) in [5.41, 5.74) is 3.70. The Morgan fingerprint density at radius 3 is 2.57 bits per heavy atom. The molecule has 1 unspecified atom stereocenters. The van der Waals surface area contributed by atoms with Crippen LogP contribution >= 0.6 is 0 Å². The molecule has 2 aromatic heterocycles. The van der Waals surface area contributed by atoms with Gasteiger partial charge in [-0.05, 0) is 44.2 Å². The van der Waals surface area contributed by atoms with Crippen LogP contribution in [0.15, 0.2) is 12.4 Å². The van der Waals surface area contributed by atoms with Gasteiger partial charge in [-0.2, -0.15) is 0 Å². The molecule has 1 N–H and O–H groups in total. The highest BCUT2D eigenvalue weighted by atomic mass is 16.4. The molecular weight excluding hydrogens is 268 g/mol. The van der Waals surface area contributed by atoms with E-state index in [2.05, 4.69) is 19.9 Å². The first-order valence-electron chi connectivity index (χ1n) is 6.93. The number of nitrogens with zero attached hydrogens (tertiary/aromatic N) is 4. The van der Waals surface area contributed by atoms with Crippen molar-refractivity contribution >= 4 is 5.97 Å². The van der Waals surface area contributed by atoms with E-state index in [1.54, 1.807) is 12.4 Å². The number of aliphatic carboxylic acids is 1. The zero-order chi connectivity index (χ0) is 15.0. The second-order valence-electron chi connectivity index (χ2n) is 5.42. The fourth-order valence-electron chi connectivity index (χ4n) is 2.61. The van der Waals surface area contributed by atoms with E-state index in [1.165, 1.54) is 0 Å². The van der Waals surface area contributed by atoms with Crippen molar-refractivity contribution in [2.24, 2.45) is 5.92 Å². The van der Waals surface area contributed by atoms with Gasteiger partial charge < -0.3 is 5.11 Å². The van der Waals surface area contributed by atoms with Gasteiger partial charge in [-0.25, -0.2) is 19.9 Å². The first kappa shape index (κ1) is 13.6. The van der Waals surface area contributed by atoms with Gasteiger partial charge >= 0.3 is 5.97 Å². The van der Waals surface area contributed by atoms with Gasteiger partial charge in [0.2, 0.25) is 0 Å². The van der Waals surface area contributed by atoms with Crippen molar-refractivity contribution in [3.8, 4) is 11.6 Å². The van der Waals surface area contributed by atoms with Crippen LogP contribution in [0.3, 0.4) is 0 Å². The zero-order valence-electron chi connectivity index (χ0n) is 12.0. The monoisotopic (exact) mass is 284 g/mol. The Kier molecular flexibility index (Phi) is 3.37. The van der Waals surface area contributed by atoms with Gasteiger partial charge in [0.05, 0.1) is 5.92 Å². The van der Waals surface area contributed by atoms with Crippen LogP contribution in [0.25, 0.3) is 11.6 Å². The molecule has 2 aromatic rings. The standard InChI is InChI=1S/C15H16N4O2/c1-8-6-16-13(17-7-8)14-18-9(2)11-5-10(15(20)21)3-4-12(11)19-14/h6-7,10H,3-5H2,1-2H3,(H,20,21). The minimum Gasteiger partial charge on any atom is -0.481 e. The number of fused-ring (bicyclic) bond motifs is 1. The summed E-state index contributed by atoms with van der Waals surface area (Å²) in [6.45, 7) is 3.82. The number of carboxylic acids is 1. The van der Waals surface area contributed by atoms with E-state index in [0.29, 0.717) is 30.9 Å². The van der Waals surface area contributed by atoms with E-state index in [1.807, 2.05) is 13.8 Å². The summed E-state index contributed by atoms with van der Waals surface area (Å²) in [5, 5.41) is 9.15. The molecule has 6 nitrogen and oxygen atoms in total. The molecule has 1 aliphatic rings. The van der Waals surface area contributed by atoms with Gasteiger partial charge in [-0.1, -0.05) is 0 Å². The summed E-state index contributed by atoms with van der Waals surface area (Å²) >= 11 is 0. The maximum absolute atomic E-state index is 11.1. The van der Waals surface area contributed by atoms with Crippen LogP contribution in [0, 0.1) is 19.8 Å². The Morgan fingerprint density at radius 1 is 1.19 bits per heavy atom. The molecule has 2 heterocycles. The Labute approximate surface area is 122 Å². The van der Waals surface area contributed by atoms with Crippen LogP contribution < -0.4 is 0 Å². The molecule has 0 amide bonds. The zero-order valence-corrected chi connectivity index (χ0v) is 12.0. The number of hydrogen-bond donors (Lipinski definition) is 1. The van der Waals surface area contributed by atoms with Gasteiger partial charge in [0.1, 0.15) is 0 Å². The van der Waals surface area contributed by atoms with Crippen molar-refractivity contribution in [3.05, 3.63) is 34.9 Å². The van der Waals surface area contributed by atoms with E-state index in [-0.39, 0.29) is 5.92 Å². The Balaban J connectivity index is 1.99. The van der Waals surface area contributed by atoms with Crippen molar-refractivity contribution < 1.29 is 9.90 Å². The normalized spacial score (nSPS) is 17.3. The molecule has 21 heavy (non-hydrogen) atoms. The molecule has 1 atom stereocenters. The second kappa shape index (κ2) is 5.20. The number of carboxylic acid groups (broad SMARTS) is 1. The van der Waals surface area contributed by atoms with Crippen LogP contribution in [-0.4, -0.2) is 31.0 Å². The maximum atomic E-state index is 11.1. The molecule has 0 aliphatic heterocycles. The third-order valence-corrected chi connectivity index (χ3v) is 3.81. The van der Waals surface area contributed by atoms with E-state index in [0.717, 1.165) is 22.5 Å². The number of carbonyl (C=O) groups is 1. The summed E-state index contributed by atoms with van der Waals surface area (Å²) in [4.78, 5) is 28.6. The highest BCUT2D eigenvalue weighted by Gasteiger charge is 2.27. The average Bonchev–Trinajstić information content (AvgIpc) is 2.47. The van der Waals surface area contributed by atoms with E-state index in [4.69, 9.17) is 5.11 Å². The molecule has 0 bridgehead atoms. The molecule has 0 fully saturated rings. The summed E-state index contributed by atoms with van der Waals surface area (Å²) in [5.74, 6) is -0.0563. The molecule has 6 heteroatoms. The van der Waals surface area contributed by atoms with Crippen LogP contribution in [-0.2, 0) is 17.6 Å². The quantitative estimate of drug-likeness (QED) is 0.903. The summed E-state index contributed by atoms with van der Waals surface area (Å²) < 4.78 is 0. The Morgan fingerprint density at radius 2 is 1.90 bits per heavy atom. The van der Waals surface area contributed by atoms with E-state index in [9.17, 15) is 4.79 Å². The van der Waals surface area contributed by atoms with Gasteiger partial charge in [0.25, 0.3) is 0 Å². The number of aryl methyl sites for hydroxylation is 3. The molecule has 0 aromatic carbocycles. The lowest BCUT2D eigenvalue weighted by Gasteiger charge is -2.22. The number of rotatable bonds is 2. The minimum atomic E-state index is -0.744. The molecule has 108 valence electrons. The third kappa shape index (κ3) is 2.61. The minimum absolute atomic E-state index is 0.332. The topological polar surface area (TPSA) is 88.9 Å². The molecule has 1 aliphatic carbocycles. The SMILES string of the molecule is Cc1cnc(-c2nc(C)c3c(n2)CCC(C(=O)O)C3)nc1. The Bertz CT molecular complexity index is 698. The van der Waals surface area contributed by atoms with E-state index >= 15 is 0 Å². The highest BCUT2D eigenvalue weighted by molar-refractivity contribution is 5.71. The molecular formula is C15H16N4O2. The van der Waals surface area contributed by atoms with Gasteiger partial charge in [-0.3, -0.25) is 4.79 Å². The second-order valence-corrected chi connectivity index (χ2v) is 5.42. The predicted molar refractivity (Wildman–Crippen MR) is 75.7 cm³/mol. The third-order valence-electron chi connectivity index (χ3n) is 3.81. The average molecular weight is 284 g/mol. The molecule has 3 rings (SSSR count). The molecule has 0 spiro atoms. The fourth-order valence-corrected chi connectivity index (χ4v) is 2.61. The van der Waals surface area contributed by atoms with Crippen molar-refractivity contribution in [1.29, 1.82) is 0 Å². The van der Waals surface area contributed by atoms with Crippen molar-refractivity contribution in [2.45, 2.75) is 33.1 Å². The molecule has 0 radical (unpaired) electrons. The first-order chi connectivity index (χ1) is 10.0. The van der Waals surface area contributed by atoms with Crippen molar-refractivity contribution in [1.82, 2.24) is 19.9 Å². The van der Waals surface area contributed by atoms with Gasteiger partial charge in [0, 0.05) is 23.8 Å². The number of aromatic nitrogens is 4. The summed E-state index contributed by atoms with van der Waals surface area (Å²) in [6, 6.07) is 0. The van der Waals surface area contributed by atoms with Crippen LogP contribution in [0.1, 0.15) is 28.9 Å². The first-order valence-corrected chi connectivity index (χ1v) is 6.93. The largest absolute Gasteiger partial charge is 0.481 e.